The van der Waals surface area contributed by atoms with Crippen LogP contribution in [0.5, 0.6) is 17.2 Å². The molecule has 0 heterocycles. The third-order valence-corrected chi connectivity index (χ3v) is 3.42. The Kier molecular flexibility index (Phi) is 6.84. The third kappa shape index (κ3) is 5.70. The minimum absolute atomic E-state index is 0.270. The number of carbonyl (C=O) groups excluding carboxylic acids is 2. The summed E-state index contributed by atoms with van der Waals surface area (Å²) in [6.45, 7) is 3.25. The van der Waals surface area contributed by atoms with Crippen LogP contribution in [0.2, 0.25) is 0 Å². The van der Waals surface area contributed by atoms with Crippen LogP contribution < -0.4 is 25.1 Å². The van der Waals surface area contributed by atoms with Crippen molar-refractivity contribution in [2.75, 3.05) is 13.7 Å². The summed E-state index contributed by atoms with van der Waals surface area (Å²) < 4.78 is 16.0. The fourth-order valence-corrected chi connectivity index (χ4v) is 2.10. The SMILES string of the molecule is COc1ccccc1OCC(=O)NNC(=O)C(C)Oc1cccc(C)c1. The molecule has 138 valence electrons. The number of hydrazine groups is 1. The summed E-state index contributed by atoms with van der Waals surface area (Å²) in [5, 5.41) is 0. The van der Waals surface area contributed by atoms with Crippen molar-refractivity contribution in [1.29, 1.82) is 0 Å². The van der Waals surface area contributed by atoms with E-state index in [1.54, 1.807) is 37.3 Å². The predicted octanol–water partition coefficient (Wildman–Crippen LogP) is 2.00. The second kappa shape index (κ2) is 9.31. The lowest BCUT2D eigenvalue weighted by Gasteiger charge is -2.15. The molecule has 0 radical (unpaired) electrons. The molecule has 0 aromatic heterocycles. The van der Waals surface area contributed by atoms with Crippen LogP contribution in [0, 0.1) is 6.92 Å². The Bertz CT molecular complexity index is 763. The lowest BCUT2D eigenvalue weighted by molar-refractivity contribution is -0.133. The Balaban J connectivity index is 1.76. The van der Waals surface area contributed by atoms with Gasteiger partial charge < -0.3 is 14.2 Å². The highest BCUT2D eigenvalue weighted by Crippen LogP contribution is 2.25. The summed E-state index contributed by atoms with van der Waals surface area (Å²) in [5.74, 6) is 0.555. The zero-order valence-electron chi connectivity index (χ0n) is 14.9. The summed E-state index contributed by atoms with van der Waals surface area (Å²) in [7, 11) is 1.51. The highest BCUT2D eigenvalue weighted by atomic mass is 16.5. The van der Waals surface area contributed by atoms with Gasteiger partial charge in [-0.1, -0.05) is 24.3 Å². The van der Waals surface area contributed by atoms with Crippen LogP contribution in [0.3, 0.4) is 0 Å². The maximum atomic E-state index is 12.0. The Morgan fingerprint density at radius 1 is 1.04 bits per heavy atom. The predicted molar refractivity (Wildman–Crippen MR) is 96.0 cm³/mol. The molecule has 2 rings (SSSR count). The largest absolute Gasteiger partial charge is 0.493 e. The number of benzene rings is 2. The topological polar surface area (TPSA) is 85.9 Å². The molecule has 0 saturated carbocycles. The van der Waals surface area contributed by atoms with Crippen LogP contribution in [0.15, 0.2) is 48.5 Å². The van der Waals surface area contributed by atoms with E-state index in [2.05, 4.69) is 10.9 Å². The molecule has 0 aliphatic heterocycles. The third-order valence-electron chi connectivity index (χ3n) is 3.42. The average molecular weight is 358 g/mol. The van der Waals surface area contributed by atoms with E-state index in [1.165, 1.54) is 7.11 Å². The van der Waals surface area contributed by atoms with Crippen molar-refractivity contribution < 1.29 is 23.8 Å². The molecule has 0 aliphatic rings. The fourth-order valence-electron chi connectivity index (χ4n) is 2.10. The van der Waals surface area contributed by atoms with E-state index in [-0.39, 0.29) is 6.61 Å². The molecule has 26 heavy (non-hydrogen) atoms. The average Bonchev–Trinajstić information content (AvgIpc) is 2.64. The molecule has 1 atom stereocenters. The first kappa shape index (κ1) is 19.1. The molecule has 0 fully saturated rings. The fraction of sp³-hybridized carbons (Fsp3) is 0.263. The van der Waals surface area contributed by atoms with Gasteiger partial charge in [0.2, 0.25) is 0 Å². The summed E-state index contributed by atoms with van der Waals surface area (Å²) >= 11 is 0. The summed E-state index contributed by atoms with van der Waals surface area (Å²) in [5.41, 5.74) is 5.62. The summed E-state index contributed by atoms with van der Waals surface area (Å²) in [6, 6.07) is 14.3. The van der Waals surface area contributed by atoms with Gasteiger partial charge in [-0.3, -0.25) is 20.4 Å². The minimum Gasteiger partial charge on any atom is -0.493 e. The van der Waals surface area contributed by atoms with Crippen molar-refractivity contribution in [3.8, 4) is 17.2 Å². The van der Waals surface area contributed by atoms with Gasteiger partial charge in [-0.25, -0.2) is 0 Å². The van der Waals surface area contributed by atoms with E-state index < -0.39 is 17.9 Å². The molecular weight excluding hydrogens is 336 g/mol. The Labute approximate surface area is 152 Å². The first-order valence-electron chi connectivity index (χ1n) is 8.07. The highest BCUT2D eigenvalue weighted by Gasteiger charge is 2.16. The number of hydrogen-bond donors (Lipinski definition) is 2. The second-order valence-corrected chi connectivity index (χ2v) is 5.55. The van der Waals surface area contributed by atoms with Gasteiger partial charge in [0.25, 0.3) is 11.8 Å². The number of rotatable bonds is 7. The molecule has 7 nitrogen and oxygen atoms in total. The first-order valence-corrected chi connectivity index (χ1v) is 8.07. The van der Waals surface area contributed by atoms with Crippen molar-refractivity contribution in [1.82, 2.24) is 10.9 Å². The van der Waals surface area contributed by atoms with Crippen LogP contribution >= 0.6 is 0 Å². The maximum absolute atomic E-state index is 12.0. The number of methoxy groups -OCH3 is 1. The van der Waals surface area contributed by atoms with Gasteiger partial charge in [0.05, 0.1) is 7.11 Å². The Hall–Kier alpha value is -3.22. The number of aryl methyl sites for hydroxylation is 1. The van der Waals surface area contributed by atoms with E-state index in [0.29, 0.717) is 17.2 Å². The minimum atomic E-state index is -0.771. The van der Waals surface area contributed by atoms with Crippen molar-refractivity contribution in [3.05, 3.63) is 54.1 Å². The molecule has 2 aromatic rings. The highest BCUT2D eigenvalue weighted by molar-refractivity contribution is 5.85. The summed E-state index contributed by atoms with van der Waals surface area (Å²) in [4.78, 5) is 23.8. The van der Waals surface area contributed by atoms with E-state index in [4.69, 9.17) is 14.2 Å². The normalized spacial score (nSPS) is 11.2. The molecule has 1 unspecified atom stereocenters. The van der Waals surface area contributed by atoms with E-state index in [1.807, 2.05) is 25.1 Å². The van der Waals surface area contributed by atoms with Gasteiger partial charge >= 0.3 is 0 Å². The zero-order valence-corrected chi connectivity index (χ0v) is 14.9. The van der Waals surface area contributed by atoms with E-state index in [0.717, 1.165) is 5.56 Å². The Morgan fingerprint density at radius 2 is 1.77 bits per heavy atom. The van der Waals surface area contributed by atoms with Crippen molar-refractivity contribution >= 4 is 11.8 Å². The van der Waals surface area contributed by atoms with Crippen LogP contribution in [-0.4, -0.2) is 31.6 Å². The maximum Gasteiger partial charge on any atom is 0.279 e. The lowest BCUT2D eigenvalue weighted by Crippen LogP contribution is -2.48. The number of para-hydroxylation sites is 2. The number of hydrogen-bond acceptors (Lipinski definition) is 5. The first-order chi connectivity index (χ1) is 12.5. The van der Waals surface area contributed by atoms with Gasteiger partial charge in [0.1, 0.15) is 5.75 Å². The van der Waals surface area contributed by atoms with Crippen LogP contribution in [0.1, 0.15) is 12.5 Å². The van der Waals surface area contributed by atoms with Crippen LogP contribution in [-0.2, 0) is 9.59 Å². The second-order valence-electron chi connectivity index (χ2n) is 5.55. The number of amides is 2. The molecular formula is C19H22N2O5. The monoisotopic (exact) mass is 358 g/mol. The standard InChI is InChI=1S/C19H22N2O5/c1-13-7-6-8-15(11-13)26-14(2)19(23)21-20-18(22)12-25-17-10-5-4-9-16(17)24-3/h4-11,14H,12H2,1-3H3,(H,20,22)(H,21,23). The molecule has 2 N–H and O–H groups in total. The van der Waals surface area contributed by atoms with E-state index in [9.17, 15) is 9.59 Å². The Morgan fingerprint density at radius 3 is 2.46 bits per heavy atom. The molecule has 7 heteroatoms. The molecule has 2 amide bonds. The van der Waals surface area contributed by atoms with Crippen LogP contribution in [0.4, 0.5) is 0 Å². The zero-order chi connectivity index (χ0) is 18.9. The molecule has 0 saturated heterocycles. The number of nitrogens with one attached hydrogen (secondary N) is 2. The van der Waals surface area contributed by atoms with Gasteiger partial charge in [0, 0.05) is 0 Å². The van der Waals surface area contributed by atoms with Gasteiger partial charge in [-0.15, -0.1) is 0 Å². The summed E-state index contributed by atoms with van der Waals surface area (Å²) in [6.07, 6.45) is -0.771. The quantitative estimate of drug-likeness (QED) is 0.740. The van der Waals surface area contributed by atoms with Crippen molar-refractivity contribution in [2.24, 2.45) is 0 Å². The molecule has 0 aliphatic carbocycles. The number of carbonyl (C=O) groups is 2. The van der Waals surface area contributed by atoms with Crippen molar-refractivity contribution in [3.63, 3.8) is 0 Å². The lowest BCUT2D eigenvalue weighted by atomic mass is 10.2. The van der Waals surface area contributed by atoms with Gasteiger partial charge in [0.15, 0.2) is 24.2 Å². The van der Waals surface area contributed by atoms with Crippen molar-refractivity contribution in [2.45, 2.75) is 20.0 Å². The van der Waals surface area contributed by atoms with Gasteiger partial charge in [-0.05, 0) is 43.7 Å². The number of ether oxygens (including phenoxy) is 3. The smallest absolute Gasteiger partial charge is 0.279 e. The van der Waals surface area contributed by atoms with Crippen LogP contribution in [0.25, 0.3) is 0 Å². The molecule has 2 aromatic carbocycles. The van der Waals surface area contributed by atoms with Gasteiger partial charge in [-0.2, -0.15) is 0 Å². The van der Waals surface area contributed by atoms with E-state index >= 15 is 0 Å². The molecule has 0 bridgehead atoms. The molecule has 0 spiro atoms.